The zero-order valence-corrected chi connectivity index (χ0v) is 18.5. The molecule has 2 aliphatic rings. The van der Waals surface area contributed by atoms with Crippen LogP contribution in [0.3, 0.4) is 0 Å². The Morgan fingerprint density at radius 1 is 1.22 bits per heavy atom. The lowest BCUT2D eigenvalue weighted by molar-refractivity contribution is -0.158. The quantitative estimate of drug-likeness (QED) is 0.377. The van der Waals surface area contributed by atoms with E-state index in [1.165, 1.54) is 4.90 Å². The van der Waals surface area contributed by atoms with Gasteiger partial charge in [0.05, 0.1) is 0 Å². The molecule has 0 radical (unpaired) electrons. The van der Waals surface area contributed by atoms with Gasteiger partial charge in [0.15, 0.2) is 0 Å². The molecular weight excluding hydrogens is 428 g/mol. The second-order valence-corrected chi connectivity index (χ2v) is 14.7. The first-order chi connectivity index (χ1) is 12.7. The van der Waals surface area contributed by atoms with E-state index in [1.807, 2.05) is 12.1 Å². The molecule has 2 heterocycles. The Morgan fingerprint density at radius 2 is 1.96 bits per heavy atom. The van der Waals surface area contributed by atoms with Crippen molar-refractivity contribution in [1.29, 1.82) is 0 Å². The van der Waals surface area contributed by atoms with Crippen molar-refractivity contribution < 1.29 is 19.1 Å². The summed E-state index contributed by atoms with van der Waals surface area (Å²) in [7, 11) is -1.23. The minimum Gasteiger partial charge on any atom is -0.361 e. The molecule has 1 aromatic carbocycles. The number of carbonyl (C=O) groups is 3. The lowest BCUT2D eigenvalue weighted by Gasteiger charge is -2.35. The van der Waals surface area contributed by atoms with Gasteiger partial charge in [-0.25, -0.2) is 0 Å². The standard InChI is InChI=1S/C19H25BrN2O4Si/c1-27(2,3)10-9-26-12-22-17(23)8-7-16(19(22)25)21-11-14-13(18(21)24)5-4-6-15(14)20/h4-6,16H,7-12H2,1-3H3. The van der Waals surface area contributed by atoms with Gasteiger partial charge in [-0.1, -0.05) is 41.6 Å². The summed E-state index contributed by atoms with van der Waals surface area (Å²) in [5.74, 6) is -0.718. The Bertz CT molecular complexity index is 777. The van der Waals surface area contributed by atoms with Crippen LogP contribution >= 0.6 is 15.9 Å². The number of amides is 3. The summed E-state index contributed by atoms with van der Waals surface area (Å²) in [6, 6.07) is 5.84. The molecule has 0 bridgehead atoms. The highest BCUT2D eigenvalue weighted by Crippen LogP contribution is 2.33. The number of fused-ring (bicyclic) bond motifs is 1. The first kappa shape index (κ1) is 20.2. The Labute approximate surface area is 169 Å². The van der Waals surface area contributed by atoms with E-state index in [1.54, 1.807) is 11.0 Å². The maximum Gasteiger partial charge on any atom is 0.255 e. The SMILES string of the molecule is C[Si](C)(C)CCOCN1C(=O)CCC(N2Cc3c(Br)cccc3C2=O)C1=O. The van der Waals surface area contributed by atoms with Crippen molar-refractivity contribution in [2.24, 2.45) is 0 Å². The van der Waals surface area contributed by atoms with Gasteiger partial charge in [0, 0.05) is 37.7 Å². The lowest BCUT2D eigenvalue weighted by atomic mass is 10.0. The van der Waals surface area contributed by atoms with Crippen LogP contribution in [0.4, 0.5) is 0 Å². The molecule has 3 amide bonds. The molecule has 6 nitrogen and oxygen atoms in total. The number of hydrogen-bond donors (Lipinski definition) is 0. The molecule has 1 fully saturated rings. The summed E-state index contributed by atoms with van der Waals surface area (Å²) in [6.45, 7) is 7.63. The maximum absolute atomic E-state index is 12.9. The number of ether oxygens (including phenoxy) is 1. The topological polar surface area (TPSA) is 66.9 Å². The summed E-state index contributed by atoms with van der Waals surface area (Å²) in [6.07, 6.45) is 0.607. The van der Waals surface area contributed by atoms with Gasteiger partial charge in [-0.15, -0.1) is 0 Å². The van der Waals surface area contributed by atoms with Gasteiger partial charge in [-0.3, -0.25) is 19.3 Å². The van der Waals surface area contributed by atoms with E-state index < -0.39 is 14.1 Å². The Hall–Kier alpha value is -1.51. The number of hydrogen-bond acceptors (Lipinski definition) is 4. The number of rotatable bonds is 6. The molecule has 1 unspecified atom stereocenters. The third-order valence-electron chi connectivity index (χ3n) is 5.02. The van der Waals surface area contributed by atoms with Gasteiger partial charge in [-0.05, 0) is 30.2 Å². The van der Waals surface area contributed by atoms with Crippen LogP contribution in [-0.2, 0) is 20.9 Å². The molecule has 1 saturated heterocycles. The van der Waals surface area contributed by atoms with Crippen LogP contribution < -0.4 is 0 Å². The largest absolute Gasteiger partial charge is 0.361 e. The van der Waals surface area contributed by atoms with Crippen LogP contribution in [0.15, 0.2) is 22.7 Å². The monoisotopic (exact) mass is 452 g/mol. The van der Waals surface area contributed by atoms with E-state index in [2.05, 4.69) is 35.6 Å². The average molecular weight is 453 g/mol. The number of piperidine rings is 1. The summed E-state index contributed by atoms with van der Waals surface area (Å²) < 4.78 is 6.48. The van der Waals surface area contributed by atoms with Crippen molar-refractivity contribution in [3.8, 4) is 0 Å². The van der Waals surface area contributed by atoms with Gasteiger partial charge in [0.2, 0.25) is 5.91 Å². The number of halogens is 1. The summed E-state index contributed by atoms with van der Waals surface area (Å²) in [5.41, 5.74) is 1.51. The maximum atomic E-state index is 12.9. The second-order valence-electron chi connectivity index (χ2n) is 8.26. The van der Waals surface area contributed by atoms with E-state index in [9.17, 15) is 14.4 Å². The smallest absolute Gasteiger partial charge is 0.255 e. The fourth-order valence-electron chi connectivity index (χ4n) is 3.35. The zero-order valence-electron chi connectivity index (χ0n) is 16.0. The van der Waals surface area contributed by atoms with Crippen LogP contribution in [0, 0.1) is 0 Å². The van der Waals surface area contributed by atoms with Crippen molar-refractivity contribution in [2.75, 3.05) is 13.3 Å². The first-order valence-corrected chi connectivity index (χ1v) is 13.7. The molecule has 0 spiro atoms. The molecule has 8 heteroatoms. The molecule has 0 saturated carbocycles. The third kappa shape index (κ3) is 4.33. The van der Waals surface area contributed by atoms with Crippen molar-refractivity contribution in [3.63, 3.8) is 0 Å². The molecule has 0 N–H and O–H groups in total. The number of imide groups is 1. The Morgan fingerprint density at radius 3 is 2.63 bits per heavy atom. The Kier molecular flexibility index (Phi) is 5.88. The van der Waals surface area contributed by atoms with Crippen LogP contribution in [0.1, 0.15) is 28.8 Å². The number of carbonyl (C=O) groups excluding carboxylic acids is 3. The van der Waals surface area contributed by atoms with E-state index in [4.69, 9.17) is 4.74 Å². The molecule has 27 heavy (non-hydrogen) atoms. The predicted octanol–water partition coefficient (Wildman–Crippen LogP) is 3.23. The molecule has 3 rings (SSSR count). The number of benzene rings is 1. The first-order valence-electron chi connectivity index (χ1n) is 9.19. The van der Waals surface area contributed by atoms with E-state index in [-0.39, 0.29) is 30.9 Å². The molecule has 2 aliphatic heterocycles. The minimum absolute atomic E-state index is 0.0304. The van der Waals surface area contributed by atoms with Gasteiger partial charge in [0.1, 0.15) is 12.8 Å². The van der Waals surface area contributed by atoms with Gasteiger partial charge in [-0.2, -0.15) is 0 Å². The number of likely N-dealkylation sites (tertiary alicyclic amines) is 1. The molecule has 146 valence electrons. The van der Waals surface area contributed by atoms with Crippen molar-refractivity contribution in [2.45, 2.75) is 51.1 Å². The number of nitrogens with zero attached hydrogens (tertiary/aromatic N) is 2. The molecular formula is C19H25BrN2O4Si. The van der Waals surface area contributed by atoms with Crippen LogP contribution in [0.2, 0.25) is 25.7 Å². The summed E-state index contributed by atoms with van der Waals surface area (Å²) in [4.78, 5) is 40.7. The normalized spacial score (nSPS) is 20.4. The Balaban J connectivity index is 1.67. The molecule has 0 aliphatic carbocycles. The zero-order chi connectivity index (χ0) is 19.8. The van der Waals surface area contributed by atoms with Crippen LogP contribution in [0.5, 0.6) is 0 Å². The van der Waals surface area contributed by atoms with E-state index in [0.29, 0.717) is 25.1 Å². The predicted molar refractivity (Wildman–Crippen MR) is 108 cm³/mol. The highest BCUT2D eigenvalue weighted by molar-refractivity contribution is 9.10. The van der Waals surface area contributed by atoms with Crippen LogP contribution in [0.25, 0.3) is 0 Å². The van der Waals surface area contributed by atoms with E-state index >= 15 is 0 Å². The lowest BCUT2D eigenvalue weighted by Crippen LogP contribution is -2.55. The third-order valence-corrected chi connectivity index (χ3v) is 7.46. The highest BCUT2D eigenvalue weighted by Gasteiger charge is 2.43. The summed E-state index contributed by atoms with van der Waals surface area (Å²) in [5, 5.41) is 0. The van der Waals surface area contributed by atoms with Gasteiger partial charge in [0.25, 0.3) is 11.8 Å². The van der Waals surface area contributed by atoms with Crippen molar-refractivity contribution in [3.05, 3.63) is 33.8 Å². The average Bonchev–Trinajstić information content (AvgIpc) is 2.92. The van der Waals surface area contributed by atoms with Crippen LogP contribution in [-0.4, -0.2) is 55.0 Å². The summed E-state index contributed by atoms with van der Waals surface area (Å²) >= 11 is 3.48. The molecule has 1 atom stereocenters. The fraction of sp³-hybridized carbons (Fsp3) is 0.526. The fourth-order valence-corrected chi connectivity index (χ4v) is 4.60. The van der Waals surface area contributed by atoms with Crippen molar-refractivity contribution >= 4 is 41.7 Å². The van der Waals surface area contributed by atoms with Gasteiger partial charge >= 0.3 is 0 Å². The molecule has 0 aromatic heterocycles. The minimum atomic E-state index is -1.23. The van der Waals surface area contributed by atoms with Crippen molar-refractivity contribution in [1.82, 2.24) is 9.80 Å². The van der Waals surface area contributed by atoms with E-state index in [0.717, 1.165) is 16.1 Å². The van der Waals surface area contributed by atoms with Gasteiger partial charge < -0.3 is 9.64 Å². The second kappa shape index (κ2) is 7.85. The highest BCUT2D eigenvalue weighted by atomic mass is 79.9. The molecule has 1 aromatic rings.